The smallest absolute Gasteiger partial charge is 0.230 e. The van der Waals surface area contributed by atoms with E-state index in [9.17, 15) is 4.79 Å². The van der Waals surface area contributed by atoms with Crippen molar-refractivity contribution in [1.82, 2.24) is 4.90 Å². The van der Waals surface area contributed by atoms with Crippen LogP contribution in [0.15, 0.2) is 24.3 Å². The molecule has 3 heteroatoms. The van der Waals surface area contributed by atoms with Crippen molar-refractivity contribution in [2.75, 3.05) is 31.1 Å². The Morgan fingerprint density at radius 3 is 2.50 bits per heavy atom. The maximum absolute atomic E-state index is 13.3. The fraction of sp³-hybridized carbons (Fsp3) is 0.696. The number of para-hydroxylation sites is 1. The van der Waals surface area contributed by atoms with Crippen LogP contribution in [0.2, 0.25) is 0 Å². The van der Waals surface area contributed by atoms with Crippen LogP contribution in [0, 0.1) is 17.3 Å². The van der Waals surface area contributed by atoms with Crippen LogP contribution in [-0.2, 0) is 11.2 Å². The SMILES string of the molecule is O=C(C1CCCC1)N1CC2(CCN(CC3CC3)CC2)Cc2ccccc21. The quantitative estimate of drug-likeness (QED) is 0.811. The number of hydrogen-bond donors (Lipinski definition) is 0. The second-order valence-electron chi connectivity index (χ2n) is 9.46. The van der Waals surface area contributed by atoms with Gasteiger partial charge in [-0.3, -0.25) is 4.79 Å². The highest BCUT2D eigenvalue weighted by atomic mass is 16.2. The molecule has 0 aromatic heterocycles. The number of nitrogens with zero attached hydrogens (tertiary/aromatic N) is 2. The summed E-state index contributed by atoms with van der Waals surface area (Å²) in [6.07, 6.45) is 11.2. The Labute approximate surface area is 157 Å². The summed E-state index contributed by atoms with van der Waals surface area (Å²) in [4.78, 5) is 18.2. The Hall–Kier alpha value is -1.35. The van der Waals surface area contributed by atoms with E-state index in [0.29, 0.717) is 11.3 Å². The first-order valence-corrected chi connectivity index (χ1v) is 10.8. The van der Waals surface area contributed by atoms with Crippen molar-refractivity contribution in [3.8, 4) is 0 Å². The molecular formula is C23H32N2O. The zero-order valence-corrected chi connectivity index (χ0v) is 16.0. The lowest BCUT2D eigenvalue weighted by atomic mass is 9.70. The highest BCUT2D eigenvalue weighted by Gasteiger charge is 2.43. The van der Waals surface area contributed by atoms with E-state index in [1.54, 1.807) is 0 Å². The average Bonchev–Trinajstić information content (AvgIpc) is 3.31. The minimum atomic E-state index is 0.271. The average molecular weight is 353 g/mol. The summed E-state index contributed by atoms with van der Waals surface area (Å²) in [7, 11) is 0. The fourth-order valence-electron chi connectivity index (χ4n) is 5.60. The minimum absolute atomic E-state index is 0.271. The molecule has 1 aromatic rings. The van der Waals surface area contributed by atoms with E-state index in [1.165, 1.54) is 69.4 Å². The largest absolute Gasteiger partial charge is 0.311 e. The molecule has 5 rings (SSSR count). The number of benzene rings is 1. The molecule has 4 aliphatic rings. The molecule has 2 aliphatic carbocycles. The molecule has 26 heavy (non-hydrogen) atoms. The van der Waals surface area contributed by atoms with Gasteiger partial charge in [-0.25, -0.2) is 0 Å². The standard InChI is InChI=1S/C23H32N2O/c26-22(19-5-1-2-6-19)25-17-23(15-20-7-3-4-8-21(20)25)11-13-24(14-12-23)16-18-9-10-18/h3-4,7-8,18-19H,1-2,5-6,9-17H2. The molecule has 3 nitrogen and oxygen atoms in total. The maximum Gasteiger partial charge on any atom is 0.230 e. The van der Waals surface area contributed by atoms with E-state index in [-0.39, 0.29) is 5.92 Å². The van der Waals surface area contributed by atoms with Crippen LogP contribution in [0.3, 0.4) is 0 Å². The number of fused-ring (bicyclic) bond motifs is 1. The first-order valence-electron chi connectivity index (χ1n) is 10.8. The van der Waals surface area contributed by atoms with Gasteiger partial charge in [-0.2, -0.15) is 0 Å². The lowest BCUT2D eigenvalue weighted by molar-refractivity contribution is -0.122. The van der Waals surface area contributed by atoms with E-state index in [2.05, 4.69) is 34.1 Å². The number of likely N-dealkylation sites (tertiary alicyclic amines) is 1. The molecule has 3 fully saturated rings. The Kier molecular flexibility index (Phi) is 4.31. The predicted molar refractivity (Wildman–Crippen MR) is 105 cm³/mol. The van der Waals surface area contributed by atoms with Gasteiger partial charge in [0, 0.05) is 24.7 Å². The Balaban J connectivity index is 1.36. The number of piperidine rings is 1. The Morgan fingerprint density at radius 1 is 1.04 bits per heavy atom. The van der Waals surface area contributed by atoms with Gasteiger partial charge < -0.3 is 9.80 Å². The number of hydrogen-bond acceptors (Lipinski definition) is 2. The van der Waals surface area contributed by atoms with E-state index in [1.807, 2.05) is 0 Å². The van der Waals surface area contributed by atoms with Gasteiger partial charge in [0.2, 0.25) is 5.91 Å². The van der Waals surface area contributed by atoms with Crippen LogP contribution in [-0.4, -0.2) is 37.0 Å². The van der Waals surface area contributed by atoms with Crippen molar-refractivity contribution in [2.24, 2.45) is 17.3 Å². The fourth-order valence-corrected chi connectivity index (χ4v) is 5.60. The molecule has 1 spiro atoms. The van der Waals surface area contributed by atoms with Crippen LogP contribution in [0.5, 0.6) is 0 Å². The van der Waals surface area contributed by atoms with Gasteiger partial charge >= 0.3 is 0 Å². The van der Waals surface area contributed by atoms with Gasteiger partial charge in [0.05, 0.1) is 0 Å². The van der Waals surface area contributed by atoms with Crippen molar-refractivity contribution in [3.63, 3.8) is 0 Å². The van der Waals surface area contributed by atoms with Gasteiger partial charge in [0.15, 0.2) is 0 Å². The Morgan fingerprint density at radius 2 is 1.77 bits per heavy atom. The molecule has 0 atom stereocenters. The molecule has 2 heterocycles. The molecule has 0 radical (unpaired) electrons. The van der Waals surface area contributed by atoms with Gasteiger partial charge in [-0.15, -0.1) is 0 Å². The van der Waals surface area contributed by atoms with Gasteiger partial charge in [0.1, 0.15) is 0 Å². The number of carbonyl (C=O) groups is 1. The van der Waals surface area contributed by atoms with Crippen molar-refractivity contribution in [1.29, 1.82) is 0 Å². The topological polar surface area (TPSA) is 23.6 Å². The predicted octanol–water partition coefficient (Wildman–Crippen LogP) is 4.26. The summed E-state index contributed by atoms with van der Waals surface area (Å²) in [5, 5.41) is 0. The van der Waals surface area contributed by atoms with Gasteiger partial charge in [0.25, 0.3) is 0 Å². The van der Waals surface area contributed by atoms with Gasteiger partial charge in [-0.05, 0) is 81.0 Å². The summed E-state index contributed by atoms with van der Waals surface area (Å²) in [5.74, 6) is 1.67. The zero-order chi connectivity index (χ0) is 17.6. The first-order chi connectivity index (χ1) is 12.7. The second kappa shape index (κ2) is 6.67. The lowest BCUT2D eigenvalue weighted by Gasteiger charge is -2.48. The number of amides is 1. The van der Waals surface area contributed by atoms with E-state index >= 15 is 0 Å². The molecule has 0 unspecified atom stereocenters. The summed E-state index contributed by atoms with van der Waals surface area (Å²) in [6, 6.07) is 8.70. The van der Waals surface area contributed by atoms with Crippen LogP contribution in [0.25, 0.3) is 0 Å². The molecule has 2 aliphatic heterocycles. The number of rotatable bonds is 3. The van der Waals surface area contributed by atoms with Gasteiger partial charge in [-0.1, -0.05) is 31.0 Å². The Bertz CT molecular complexity index is 667. The highest BCUT2D eigenvalue weighted by molar-refractivity contribution is 5.96. The molecule has 1 amide bonds. The van der Waals surface area contributed by atoms with E-state index in [0.717, 1.165) is 31.7 Å². The first kappa shape index (κ1) is 16.8. The van der Waals surface area contributed by atoms with Crippen molar-refractivity contribution in [2.45, 2.75) is 57.8 Å². The normalized spacial score (nSPS) is 26.2. The van der Waals surface area contributed by atoms with Crippen LogP contribution < -0.4 is 4.90 Å². The number of anilines is 1. The monoisotopic (exact) mass is 352 g/mol. The molecule has 140 valence electrons. The second-order valence-corrected chi connectivity index (χ2v) is 9.46. The third kappa shape index (κ3) is 3.19. The van der Waals surface area contributed by atoms with Crippen LogP contribution >= 0.6 is 0 Å². The summed E-state index contributed by atoms with van der Waals surface area (Å²) < 4.78 is 0. The van der Waals surface area contributed by atoms with Crippen molar-refractivity contribution < 1.29 is 4.79 Å². The van der Waals surface area contributed by atoms with Crippen LogP contribution in [0.4, 0.5) is 5.69 Å². The van der Waals surface area contributed by atoms with Crippen molar-refractivity contribution in [3.05, 3.63) is 29.8 Å². The van der Waals surface area contributed by atoms with Crippen molar-refractivity contribution >= 4 is 11.6 Å². The molecule has 1 aromatic carbocycles. The third-order valence-electron chi connectivity index (χ3n) is 7.44. The molecular weight excluding hydrogens is 320 g/mol. The van der Waals surface area contributed by atoms with Crippen LogP contribution in [0.1, 0.15) is 56.9 Å². The molecule has 2 saturated carbocycles. The number of carbonyl (C=O) groups excluding carboxylic acids is 1. The molecule has 0 bridgehead atoms. The summed E-state index contributed by atoms with van der Waals surface area (Å²) >= 11 is 0. The highest BCUT2D eigenvalue weighted by Crippen LogP contribution is 2.45. The minimum Gasteiger partial charge on any atom is -0.311 e. The van der Waals surface area contributed by atoms with E-state index in [4.69, 9.17) is 0 Å². The lowest BCUT2D eigenvalue weighted by Crippen LogP contribution is -2.52. The van der Waals surface area contributed by atoms with E-state index < -0.39 is 0 Å². The molecule has 1 saturated heterocycles. The molecule has 0 N–H and O–H groups in total. The maximum atomic E-state index is 13.3. The third-order valence-corrected chi connectivity index (χ3v) is 7.44. The zero-order valence-electron chi connectivity index (χ0n) is 16.0. The summed E-state index contributed by atoms with van der Waals surface area (Å²) in [6.45, 7) is 4.72. The summed E-state index contributed by atoms with van der Waals surface area (Å²) in [5.41, 5.74) is 2.92.